The molecular weight excluding hydrogens is 601 g/mol. The van der Waals surface area contributed by atoms with Gasteiger partial charge in [-0.25, -0.2) is 4.98 Å². The molecule has 3 N–H and O–H groups in total. The molecule has 11 heteroatoms. The third-order valence-electron chi connectivity index (χ3n) is 9.12. The molecule has 0 spiro atoms. The largest absolute Gasteiger partial charge is 0.461 e. The second-order valence-corrected chi connectivity index (χ2v) is 12.6. The number of terminal acetylenes is 1. The van der Waals surface area contributed by atoms with Crippen molar-refractivity contribution in [1.29, 1.82) is 0 Å². The van der Waals surface area contributed by atoms with E-state index in [0.717, 1.165) is 24.8 Å². The average molecular weight is 650 g/mol. The molecule has 0 aliphatic heterocycles. The first-order valence-electron chi connectivity index (χ1n) is 17.0. The number of imidazole rings is 1. The minimum Gasteiger partial charge on any atom is -0.461 e. The zero-order valence-corrected chi connectivity index (χ0v) is 27.5. The maximum Gasteiger partial charge on any atom is 0.312 e. The van der Waals surface area contributed by atoms with Crippen LogP contribution in [0.15, 0.2) is 30.6 Å². The number of aliphatic hydroxyl groups is 1. The van der Waals surface area contributed by atoms with E-state index in [2.05, 4.69) is 27.8 Å². The second kappa shape index (κ2) is 17.8. The molecule has 1 saturated carbocycles. The first-order valence-corrected chi connectivity index (χ1v) is 17.0. The van der Waals surface area contributed by atoms with Gasteiger partial charge < -0.3 is 24.9 Å². The SMILES string of the molecule is C#C[C@]1(CO)C[C@@H](n2cnc3c(N)nc(F)nc32)C[C@@H]1OC(=O)CCc1ccc(OC(=O)CCCCCCCCCCCCC)cc1. The maximum atomic E-state index is 13.9. The number of carbonyl (C=O) groups excluding carboxylic acids is 2. The lowest BCUT2D eigenvalue weighted by Gasteiger charge is -2.27. The van der Waals surface area contributed by atoms with E-state index in [0.29, 0.717) is 18.6 Å². The Hall–Kier alpha value is -4.04. The zero-order valence-electron chi connectivity index (χ0n) is 27.5. The van der Waals surface area contributed by atoms with E-state index in [1.54, 1.807) is 16.7 Å². The number of rotatable bonds is 19. The first kappa shape index (κ1) is 35.8. The van der Waals surface area contributed by atoms with E-state index in [1.807, 2.05) is 12.1 Å². The summed E-state index contributed by atoms with van der Waals surface area (Å²) < 4.78 is 26.8. The molecule has 0 amide bonds. The third kappa shape index (κ3) is 9.97. The normalized spacial score (nSPS) is 19.1. The fraction of sp³-hybridized carbons (Fsp3) is 0.583. The van der Waals surface area contributed by atoms with Crippen LogP contribution in [0.3, 0.4) is 0 Å². The zero-order chi connectivity index (χ0) is 33.6. The quantitative estimate of drug-likeness (QED) is 0.0480. The molecule has 2 heterocycles. The van der Waals surface area contributed by atoms with Gasteiger partial charge in [-0.05, 0) is 37.0 Å². The number of esters is 2. The minimum atomic E-state index is -1.12. The molecule has 47 heavy (non-hydrogen) atoms. The number of ether oxygens (including phenoxy) is 2. The molecule has 254 valence electrons. The average Bonchev–Trinajstić information content (AvgIpc) is 3.65. The van der Waals surface area contributed by atoms with Gasteiger partial charge in [-0.3, -0.25) is 9.59 Å². The monoisotopic (exact) mass is 649 g/mol. The lowest BCUT2D eigenvalue weighted by molar-refractivity contribution is -0.153. The predicted octanol–water partition coefficient (Wildman–Crippen LogP) is 6.65. The molecule has 0 radical (unpaired) electrons. The Kier molecular flexibility index (Phi) is 13.5. The Balaban J connectivity index is 1.18. The van der Waals surface area contributed by atoms with Gasteiger partial charge in [0.05, 0.1) is 18.3 Å². The number of aromatic nitrogens is 4. The lowest BCUT2D eigenvalue weighted by atomic mass is 9.85. The van der Waals surface area contributed by atoms with Gasteiger partial charge in [-0.15, -0.1) is 6.42 Å². The van der Waals surface area contributed by atoms with E-state index in [9.17, 15) is 19.1 Å². The van der Waals surface area contributed by atoms with Crippen LogP contribution in [0.4, 0.5) is 10.2 Å². The Bertz CT molecular complexity index is 1500. The van der Waals surface area contributed by atoms with Crippen molar-refractivity contribution in [2.75, 3.05) is 12.3 Å². The summed E-state index contributed by atoms with van der Waals surface area (Å²) >= 11 is 0. The van der Waals surface area contributed by atoms with Gasteiger partial charge in [-0.2, -0.15) is 14.4 Å². The number of anilines is 1. The summed E-state index contributed by atoms with van der Waals surface area (Å²) in [5.74, 6) is 2.34. The number of nitrogens with two attached hydrogens (primary N) is 1. The number of aliphatic hydroxyl groups excluding tert-OH is 1. The van der Waals surface area contributed by atoms with Crippen molar-refractivity contribution < 1.29 is 28.6 Å². The van der Waals surface area contributed by atoms with Crippen molar-refractivity contribution in [3.8, 4) is 18.1 Å². The standard InChI is InChI=1S/C36H48FN5O5/c1-3-5-6-7-8-9-10-11-12-13-14-15-30(44)46-28-19-16-26(17-20-28)18-21-31(45)47-29-22-27(23-36(29,4-2)24-43)42-25-39-32-33(38)40-35(37)41-34(32)42/h2,16-17,19-20,25,27,29,43H,3,5-15,18,21-24H2,1H3,(H2,38,40,41)/t27-,29-,36+/m0/s1. The molecule has 10 nitrogen and oxygen atoms in total. The van der Waals surface area contributed by atoms with Gasteiger partial charge in [-0.1, -0.05) is 89.2 Å². The van der Waals surface area contributed by atoms with E-state index in [1.165, 1.54) is 57.7 Å². The second-order valence-electron chi connectivity index (χ2n) is 12.6. The van der Waals surface area contributed by atoms with Crippen LogP contribution in [-0.2, 0) is 20.7 Å². The summed E-state index contributed by atoms with van der Waals surface area (Å²) in [4.78, 5) is 36.7. The highest BCUT2D eigenvalue weighted by atomic mass is 19.1. The fourth-order valence-corrected chi connectivity index (χ4v) is 6.33. The van der Waals surface area contributed by atoms with E-state index >= 15 is 0 Å². The summed E-state index contributed by atoms with van der Waals surface area (Å²) in [5, 5.41) is 10.2. The molecule has 4 rings (SSSR count). The molecular formula is C36H48FN5O5. The maximum absolute atomic E-state index is 13.9. The van der Waals surface area contributed by atoms with Gasteiger partial charge >= 0.3 is 18.0 Å². The van der Waals surface area contributed by atoms with Crippen LogP contribution in [0, 0.1) is 23.8 Å². The number of aryl methyl sites for hydroxylation is 1. The van der Waals surface area contributed by atoms with Gasteiger partial charge in [0.2, 0.25) is 0 Å². The molecule has 0 unspecified atom stereocenters. The highest BCUT2D eigenvalue weighted by Gasteiger charge is 2.49. The number of nitrogens with zero attached hydrogens (tertiary/aromatic N) is 4. The van der Waals surface area contributed by atoms with Crippen molar-refractivity contribution in [1.82, 2.24) is 19.5 Å². The lowest BCUT2D eigenvalue weighted by Crippen LogP contribution is -2.36. The smallest absolute Gasteiger partial charge is 0.312 e. The van der Waals surface area contributed by atoms with Gasteiger partial charge in [0.25, 0.3) is 0 Å². The number of fused-ring (bicyclic) bond motifs is 1. The molecule has 1 aliphatic carbocycles. The molecule has 1 aromatic carbocycles. The van der Waals surface area contributed by atoms with Crippen LogP contribution < -0.4 is 10.5 Å². The molecule has 0 saturated heterocycles. The van der Waals surface area contributed by atoms with Crippen LogP contribution in [0.1, 0.15) is 115 Å². The Morgan fingerprint density at radius 3 is 2.32 bits per heavy atom. The molecule has 1 fully saturated rings. The van der Waals surface area contributed by atoms with Crippen molar-refractivity contribution in [2.45, 2.75) is 122 Å². The summed E-state index contributed by atoms with van der Waals surface area (Å²) in [7, 11) is 0. The number of halogens is 1. The summed E-state index contributed by atoms with van der Waals surface area (Å²) in [6, 6.07) is 6.73. The molecule has 0 bridgehead atoms. The number of hydrogen-bond donors (Lipinski definition) is 2. The number of unbranched alkanes of at least 4 members (excludes halogenated alkanes) is 10. The predicted molar refractivity (Wildman–Crippen MR) is 178 cm³/mol. The van der Waals surface area contributed by atoms with Crippen LogP contribution >= 0.6 is 0 Å². The van der Waals surface area contributed by atoms with Gasteiger partial charge in [0, 0.05) is 25.3 Å². The van der Waals surface area contributed by atoms with E-state index < -0.39 is 30.2 Å². The molecule has 3 aromatic rings. The Labute approximate surface area is 276 Å². The van der Waals surface area contributed by atoms with Crippen molar-refractivity contribution in [2.24, 2.45) is 5.41 Å². The third-order valence-corrected chi connectivity index (χ3v) is 9.12. The van der Waals surface area contributed by atoms with Gasteiger partial charge in [0.1, 0.15) is 17.4 Å². The summed E-state index contributed by atoms with van der Waals surface area (Å²) in [6.07, 6.45) is 20.5. The highest BCUT2D eigenvalue weighted by Crippen LogP contribution is 2.46. The topological polar surface area (TPSA) is 142 Å². The number of hydrogen-bond acceptors (Lipinski definition) is 9. The summed E-state index contributed by atoms with van der Waals surface area (Å²) in [6.45, 7) is 1.84. The Morgan fingerprint density at radius 1 is 1.02 bits per heavy atom. The molecule has 2 aromatic heterocycles. The summed E-state index contributed by atoms with van der Waals surface area (Å²) in [5.41, 5.74) is 6.02. The van der Waals surface area contributed by atoms with E-state index in [-0.39, 0.29) is 48.3 Å². The van der Waals surface area contributed by atoms with Crippen molar-refractivity contribution >= 4 is 28.9 Å². The minimum absolute atomic E-state index is 0.0802. The first-order chi connectivity index (χ1) is 22.8. The fourth-order valence-electron chi connectivity index (χ4n) is 6.33. The highest BCUT2D eigenvalue weighted by molar-refractivity contribution is 5.81. The Morgan fingerprint density at radius 2 is 1.68 bits per heavy atom. The van der Waals surface area contributed by atoms with E-state index in [4.69, 9.17) is 21.6 Å². The number of benzene rings is 1. The molecule has 1 aliphatic rings. The van der Waals surface area contributed by atoms with Crippen molar-refractivity contribution in [3.05, 3.63) is 42.2 Å². The van der Waals surface area contributed by atoms with Crippen LogP contribution in [0.25, 0.3) is 11.2 Å². The molecule has 3 atom stereocenters. The van der Waals surface area contributed by atoms with Crippen LogP contribution in [-0.4, -0.2) is 49.3 Å². The number of nitrogen functional groups attached to an aromatic ring is 1. The van der Waals surface area contributed by atoms with Crippen molar-refractivity contribution in [3.63, 3.8) is 0 Å². The van der Waals surface area contributed by atoms with Crippen LogP contribution in [0.5, 0.6) is 5.75 Å². The van der Waals surface area contributed by atoms with Gasteiger partial charge in [0.15, 0.2) is 11.5 Å². The van der Waals surface area contributed by atoms with Crippen LogP contribution in [0.2, 0.25) is 0 Å². The number of carbonyl (C=O) groups is 2.